The fourth-order valence-electron chi connectivity index (χ4n) is 2.72. The summed E-state index contributed by atoms with van der Waals surface area (Å²) >= 11 is 0. The number of para-hydroxylation sites is 1. The van der Waals surface area contributed by atoms with E-state index in [1.165, 1.54) is 5.56 Å². The van der Waals surface area contributed by atoms with E-state index in [1.54, 1.807) is 0 Å². The Balaban J connectivity index is 2.03. The molecule has 0 aliphatic carbocycles. The van der Waals surface area contributed by atoms with Gasteiger partial charge in [-0.05, 0) is 29.5 Å². The van der Waals surface area contributed by atoms with E-state index in [9.17, 15) is 4.79 Å². The topological polar surface area (TPSA) is 29.1 Å². The van der Waals surface area contributed by atoms with Crippen molar-refractivity contribution in [2.45, 2.75) is 39.5 Å². The Morgan fingerprint density at radius 3 is 2.45 bits per heavy atom. The van der Waals surface area contributed by atoms with Gasteiger partial charge in [0.25, 0.3) is 0 Å². The molecule has 0 heterocycles. The van der Waals surface area contributed by atoms with Crippen LogP contribution >= 0.6 is 0 Å². The molecule has 0 fully saturated rings. The first-order valence-corrected chi connectivity index (χ1v) is 8.10. The van der Waals surface area contributed by atoms with E-state index in [0.29, 0.717) is 12.3 Å². The van der Waals surface area contributed by atoms with Crippen LogP contribution in [0.15, 0.2) is 54.6 Å². The smallest absolute Gasteiger partial charge is 0.224 e. The number of hydrogen-bond donors (Lipinski definition) is 1. The first kappa shape index (κ1) is 16.3. The number of hydrogen-bond acceptors (Lipinski definition) is 1. The zero-order valence-corrected chi connectivity index (χ0v) is 13.5. The molecule has 2 aromatic carbocycles. The van der Waals surface area contributed by atoms with Crippen molar-refractivity contribution in [3.8, 4) is 0 Å². The van der Waals surface area contributed by atoms with Crippen molar-refractivity contribution < 1.29 is 4.79 Å². The Morgan fingerprint density at radius 2 is 1.73 bits per heavy atom. The number of nitrogens with one attached hydrogen (secondary N) is 1. The standard InChI is InChI=1S/C20H25NO/c1-3-9-16(2)14-20(22)21-19-13-8-7-12-18(19)15-17-10-5-4-6-11-17/h4-8,10-13,16H,3,9,14-15H2,1-2H3,(H,21,22). The highest BCUT2D eigenvalue weighted by Gasteiger charge is 2.10. The van der Waals surface area contributed by atoms with Crippen LogP contribution in [0, 0.1) is 5.92 Å². The third-order valence-corrected chi connectivity index (χ3v) is 3.84. The number of anilines is 1. The van der Waals surface area contributed by atoms with Crippen molar-refractivity contribution >= 4 is 11.6 Å². The zero-order chi connectivity index (χ0) is 15.8. The van der Waals surface area contributed by atoms with Crippen LogP contribution < -0.4 is 5.32 Å². The Kier molecular flexibility index (Phi) is 6.20. The molecule has 0 spiro atoms. The maximum atomic E-state index is 12.2. The molecule has 0 aliphatic rings. The van der Waals surface area contributed by atoms with Gasteiger partial charge >= 0.3 is 0 Å². The van der Waals surface area contributed by atoms with Crippen molar-refractivity contribution in [3.63, 3.8) is 0 Å². The summed E-state index contributed by atoms with van der Waals surface area (Å²) in [5.74, 6) is 0.549. The summed E-state index contributed by atoms with van der Waals surface area (Å²) in [5, 5.41) is 3.08. The van der Waals surface area contributed by atoms with Gasteiger partial charge in [0.1, 0.15) is 0 Å². The van der Waals surface area contributed by atoms with Gasteiger partial charge in [-0.3, -0.25) is 4.79 Å². The van der Waals surface area contributed by atoms with Gasteiger partial charge in [0.2, 0.25) is 5.91 Å². The van der Waals surface area contributed by atoms with E-state index in [0.717, 1.165) is 30.5 Å². The van der Waals surface area contributed by atoms with E-state index < -0.39 is 0 Å². The summed E-state index contributed by atoms with van der Waals surface area (Å²) in [7, 11) is 0. The molecule has 2 aromatic rings. The van der Waals surface area contributed by atoms with Gasteiger partial charge in [-0.2, -0.15) is 0 Å². The van der Waals surface area contributed by atoms with E-state index >= 15 is 0 Å². The normalized spacial score (nSPS) is 11.9. The molecule has 0 saturated heterocycles. The predicted octanol–water partition coefficient (Wildman–Crippen LogP) is 5.04. The maximum absolute atomic E-state index is 12.2. The quantitative estimate of drug-likeness (QED) is 0.761. The molecule has 2 rings (SSSR count). The largest absolute Gasteiger partial charge is 0.326 e. The molecule has 1 unspecified atom stereocenters. The third-order valence-electron chi connectivity index (χ3n) is 3.84. The third kappa shape index (κ3) is 5.03. The summed E-state index contributed by atoms with van der Waals surface area (Å²) in [5.41, 5.74) is 3.34. The molecule has 0 radical (unpaired) electrons. The van der Waals surface area contributed by atoms with Gasteiger partial charge in [0.15, 0.2) is 0 Å². The van der Waals surface area contributed by atoms with Crippen LogP contribution in [0.3, 0.4) is 0 Å². The van der Waals surface area contributed by atoms with E-state index in [-0.39, 0.29) is 5.91 Å². The minimum absolute atomic E-state index is 0.112. The fraction of sp³-hybridized carbons (Fsp3) is 0.350. The van der Waals surface area contributed by atoms with Gasteiger partial charge in [-0.15, -0.1) is 0 Å². The number of amides is 1. The minimum Gasteiger partial charge on any atom is -0.326 e. The van der Waals surface area contributed by atoms with Crippen molar-refractivity contribution in [1.82, 2.24) is 0 Å². The van der Waals surface area contributed by atoms with Crippen LogP contribution in [0.2, 0.25) is 0 Å². The summed E-state index contributed by atoms with van der Waals surface area (Å²) in [6, 6.07) is 18.4. The summed E-state index contributed by atoms with van der Waals surface area (Å²) in [4.78, 5) is 12.2. The van der Waals surface area contributed by atoms with Gasteiger partial charge in [-0.25, -0.2) is 0 Å². The SMILES string of the molecule is CCCC(C)CC(=O)Nc1ccccc1Cc1ccccc1. The lowest BCUT2D eigenvalue weighted by Gasteiger charge is -2.13. The molecule has 0 saturated carbocycles. The predicted molar refractivity (Wildman–Crippen MR) is 93.0 cm³/mol. The first-order valence-electron chi connectivity index (χ1n) is 8.10. The van der Waals surface area contributed by atoms with Crippen LogP contribution in [-0.2, 0) is 11.2 Å². The van der Waals surface area contributed by atoms with Gasteiger partial charge in [-0.1, -0.05) is 75.2 Å². The zero-order valence-electron chi connectivity index (χ0n) is 13.5. The minimum atomic E-state index is 0.112. The molecule has 0 aromatic heterocycles. The summed E-state index contributed by atoms with van der Waals surface area (Å²) < 4.78 is 0. The second-order valence-corrected chi connectivity index (χ2v) is 5.97. The Hall–Kier alpha value is -2.09. The number of carbonyl (C=O) groups excluding carboxylic acids is 1. The monoisotopic (exact) mass is 295 g/mol. The molecular formula is C20H25NO. The lowest BCUT2D eigenvalue weighted by molar-refractivity contribution is -0.117. The molecule has 2 nitrogen and oxygen atoms in total. The second kappa shape index (κ2) is 8.38. The van der Waals surface area contributed by atoms with Crippen LogP contribution in [0.5, 0.6) is 0 Å². The Morgan fingerprint density at radius 1 is 1.05 bits per heavy atom. The maximum Gasteiger partial charge on any atom is 0.224 e. The number of carbonyl (C=O) groups is 1. The number of rotatable bonds is 7. The molecule has 0 aliphatic heterocycles. The van der Waals surface area contributed by atoms with Crippen molar-refractivity contribution in [2.24, 2.45) is 5.92 Å². The lowest BCUT2D eigenvalue weighted by Crippen LogP contribution is -2.16. The molecule has 0 bridgehead atoms. The van der Waals surface area contributed by atoms with Gasteiger partial charge in [0, 0.05) is 12.1 Å². The Labute approximate surface area is 133 Å². The average molecular weight is 295 g/mol. The van der Waals surface area contributed by atoms with Crippen molar-refractivity contribution in [2.75, 3.05) is 5.32 Å². The molecular weight excluding hydrogens is 270 g/mol. The van der Waals surface area contributed by atoms with Crippen molar-refractivity contribution in [1.29, 1.82) is 0 Å². The molecule has 1 N–H and O–H groups in total. The lowest BCUT2D eigenvalue weighted by atomic mass is 10.0. The van der Waals surface area contributed by atoms with E-state index in [2.05, 4.69) is 37.4 Å². The second-order valence-electron chi connectivity index (χ2n) is 5.97. The highest BCUT2D eigenvalue weighted by molar-refractivity contribution is 5.91. The highest BCUT2D eigenvalue weighted by Crippen LogP contribution is 2.20. The Bertz CT molecular complexity index is 592. The van der Waals surface area contributed by atoms with Crippen molar-refractivity contribution in [3.05, 3.63) is 65.7 Å². The summed E-state index contributed by atoms with van der Waals surface area (Å²) in [6.45, 7) is 4.29. The van der Waals surface area contributed by atoms with E-state index in [1.807, 2.05) is 36.4 Å². The molecule has 116 valence electrons. The van der Waals surface area contributed by atoms with Crippen LogP contribution in [0.1, 0.15) is 44.2 Å². The number of benzene rings is 2. The molecule has 1 atom stereocenters. The fourth-order valence-corrected chi connectivity index (χ4v) is 2.72. The molecule has 2 heteroatoms. The summed E-state index contributed by atoms with van der Waals surface area (Å²) in [6.07, 6.45) is 3.65. The van der Waals surface area contributed by atoms with Crippen LogP contribution in [0.4, 0.5) is 5.69 Å². The molecule has 1 amide bonds. The molecule has 22 heavy (non-hydrogen) atoms. The highest BCUT2D eigenvalue weighted by atomic mass is 16.1. The van der Waals surface area contributed by atoms with Crippen LogP contribution in [-0.4, -0.2) is 5.91 Å². The van der Waals surface area contributed by atoms with Gasteiger partial charge < -0.3 is 5.32 Å². The van der Waals surface area contributed by atoms with Gasteiger partial charge in [0.05, 0.1) is 0 Å². The first-order chi connectivity index (χ1) is 10.7. The average Bonchev–Trinajstić information content (AvgIpc) is 2.50. The van der Waals surface area contributed by atoms with Crippen LogP contribution in [0.25, 0.3) is 0 Å². The van der Waals surface area contributed by atoms with E-state index in [4.69, 9.17) is 0 Å².